The lowest BCUT2D eigenvalue weighted by molar-refractivity contribution is 0.102. The van der Waals surface area contributed by atoms with Gasteiger partial charge in [-0.05, 0) is 65.9 Å². The summed E-state index contributed by atoms with van der Waals surface area (Å²) in [4.78, 5) is 32.6. The number of nitrogens with zero attached hydrogens (tertiary/aromatic N) is 1. The van der Waals surface area contributed by atoms with Crippen LogP contribution in [0.4, 0.5) is 5.69 Å². The van der Waals surface area contributed by atoms with Crippen molar-refractivity contribution in [1.82, 2.24) is 9.97 Å². The molecule has 0 aliphatic rings. The molecule has 0 radical (unpaired) electrons. The first-order valence-electron chi connectivity index (χ1n) is 10.6. The summed E-state index contributed by atoms with van der Waals surface area (Å²) in [5, 5.41) is 2.99. The zero-order valence-electron chi connectivity index (χ0n) is 18.3. The van der Waals surface area contributed by atoms with Crippen molar-refractivity contribution in [3.8, 4) is 0 Å². The minimum atomic E-state index is -0.203. The molecule has 32 heavy (non-hydrogen) atoms. The molecule has 0 fully saturated rings. The van der Waals surface area contributed by atoms with Crippen molar-refractivity contribution in [2.45, 2.75) is 26.7 Å². The Morgan fingerprint density at radius 1 is 1.00 bits per heavy atom. The van der Waals surface area contributed by atoms with E-state index in [4.69, 9.17) is 0 Å². The van der Waals surface area contributed by atoms with E-state index in [0.717, 1.165) is 33.4 Å². The summed E-state index contributed by atoms with van der Waals surface area (Å²) in [5.74, 6) is 0.252. The van der Waals surface area contributed by atoms with Crippen LogP contribution in [0.25, 0.3) is 17.1 Å². The van der Waals surface area contributed by atoms with Gasteiger partial charge in [-0.1, -0.05) is 56.3 Å². The van der Waals surface area contributed by atoms with E-state index in [9.17, 15) is 9.59 Å². The summed E-state index contributed by atoms with van der Waals surface area (Å²) >= 11 is 0. The predicted molar refractivity (Wildman–Crippen MR) is 129 cm³/mol. The number of carbonyl (C=O) groups is 2. The van der Waals surface area contributed by atoms with Gasteiger partial charge in [0, 0.05) is 11.3 Å². The molecule has 0 aliphatic heterocycles. The van der Waals surface area contributed by atoms with Crippen LogP contribution in [-0.2, 0) is 0 Å². The van der Waals surface area contributed by atoms with Gasteiger partial charge in [0.05, 0.1) is 11.0 Å². The van der Waals surface area contributed by atoms with Gasteiger partial charge in [-0.25, -0.2) is 4.98 Å². The minimum Gasteiger partial charge on any atom is -0.335 e. The summed E-state index contributed by atoms with van der Waals surface area (Å²) in [6.45, 7) is 6.19. The van der Waals surface area contributed by atoms with E-state index < -0.39 is 0 Å². The fourth-order valence-electron chi connectivity index (χ4n) is 3.55. The van der Waals surface area contributed by atoms with Gasteiger partial charge in [0.25, 0.3) is 5.91 Å². The van der Waals surface area contributed by atoms with Gasteiger partial charge in [-0.2, -0.15) is 0 Å². The molecule has 1 heterocycles. The lowest BCUT2D eigenvalue weighted by Crippen LogP contribution is -2.13. The van der Waals surface area contributed by atoms with Gasteiger partial charge < -0.3 is 10.3 Å². The second-order valence-electron chi connectivity index (χ2n) is 8.12. The number of aryl methyl sites for hydroxylation is 1. The zero-order chi connectivity index (χ0) is 22.7. The molecule has 0 bridgehead atoms. The van der Waals surface area contributed by atoms with Crippen LogP contribution in [0.1, 0.15) is 57.4 Å². The Bertz CT molecular complexity index is 1310. The molecule has 4 rings (SSSR count). The van der Waals surface area contributed by atoms with E-state index >= 15 is 0 Å². The van der Waals surface area contributed by atoms with E-state index in [1.54, 1.807) is 18.2 Å². The number of hydrogen-bond acceptors (Lipinski definition) is 3. The Kier molecular flexibility index (Phi) is 5.99. The maximum absolute atomic E-state index is 12.7. The molecule has 2 N–H and O–H groups in total. The van der Waals surface area contributed by atoms with Crippen molar-refractivity contribution in [1.29, 1.82) is 0 Å². The number of allylic oxidation sites excluding steroid dienone is 1. The molecule has 0 unspecified atom stereocenters. The number of imidazole rings is 1. The first-order chi connectivity index (χ1) is 15.4. The highest BCUT2D eigenvalue weighted by Crippen LogP contribution is 2.24. The SMILES string of the molecule is Cc1ccc2nc(C(=O)C=Cc3ccc(C(=O)Nc4ccccc4C(C)C)cc3)[nH]c2c1. The van der Waals surface area contributed by atoms with Crippen LogP contribution in [-0.4, -0.2) is 21.7 Å². The standard InChI is InChI=1S/C27H25N3O2/c1-17(2)21-6-4-5-7-22(21)30-27(32)20-12-9-19(10-13-20)11-15-25(31)26-28-23-14-8-18(3)16-24(23)29-26/h4-17H,1-3H3,(H,28,29)(H,30,32). The van der Waals surface area contributed by atoms with Gasteiger partial charge in [0.1, 0.15) is 0 Å². The molecule has 4 aromatic rings. The number of para-hydroxylation sites is 1. The Morgan fingerprint density at radius 2 is 1.75 bits per heavy atom. The Morgan fingerprint density at radius 3 is 2.50 bits per heavy atom. The second-order valence-corrected chi connectivity index (χ2v) is 8.12. The molecule has 160 valence electrons. The number of carbonyl (C=O) groups excluding carboxylic acids is 2. The van der Waals surface area contributed by atoms with Gasteiger partial charge in [0.2, 0.25) is 5.78 Å². The summed E-state index contributed by atoms with van der Waals surface area (Å²) in [6, 6.07) is 20.8. The highest BCUT2D eigenvalue weighted by atomic mass is 16.1. The number of amides is 1. The molecule has 5 heteroatoms. The van der Waals surface area contributed by atoms with Crippen molar-refractivity contribution < 1.29 is 9.59 Å². The molecule has 1 aromatic heterocycles. The number of anilines is 1. The zero-order valence-corrected chi connectivity index (χ0v) is 18.3. The Labute approximate surface area is 187 Å². The third-order valence-electron chi connectivity index (χ3n) is 5.30. The number of rotatable bonds is 6. The number of ketones is 1. The monoisotopic (exact) mass is 423 g/mol. The molecule has 0 saturated carbocycles. The molecular formula is C27H25N3O2. The topological polar surface area (TPSA) is 74.8 Å². The quantitative estimate of drug-likeness (QED) is 0.289. The minimum absolute atomic E-state index is 0.165. The van der Waals surface area contributed by atoms with Crippen molar-refractivity contribution in [3.05, 3.63) is 101 Å². The van der Waals surface area contributed by atoms with Crippen LogP contribution in [0.3, 0.4) is 0 Å². The molecule has 0 aliphatic carbocycles. The van der Waals surface area contributed by atoms with Gasteiger partial charge in [0.15, 0.2) is 5.82 Å². The number of benzene rings is 3. The van der Waals surface area contributed by atoms with Crippen LogP contribution in [0, 0.1) is 6.92 Å². The number of aromatic nitrogens is 2. The fourth-order valence-corrected chi connectivity index (χ4v) is 3.55. The van der Waals surface area contributed by atoms with E-state index in [-0.39, 0.29) is 11.7 Å². The van der Waals surface area contributed by atoms with Crippen LogP contribution in [0.5, 0.6) is 0 Å². The Hall–Kier alpha value is -3.99. The smallest absolute Gasteiger partial charge is 0.255 e. The number of H-pyrrole nitrogens is 1. The third kappa shape index (κ3) is 4.67. The normalized spacial score (nSPS) is 11.4. The molecule has 5 nitrogen and oxygen atoms in total. The largest absolute Gasteiger partial charge is 0.335 e. The molecule has 0 atom stereocenters. The van der Waals surface area contributed by atoms with E-state index in [1.165, 1.54) is 6.08 Å². The van der Waals surface area contributed by atoms with E-state index in [2.05, 4.69) is 29.1 Å². The number of fused-ring (bicyclic) bond motifs is 1. The van der Waals surface area contributed by atoms with Gasteiger partial charge in [-0.15, -0.1) is 0 Å². The van der Waals surface area contributed by atoms with Gasteiger partial charge >= 0.3 is 0 Å². The fraction of sp³-hybridized carbons (Fsp3) is 0.148. The van der Waals surface area contributed by atoms with Gasteiger partial charge in [-0.3, -0.25) is 9.59 Å². The first kappa shape index (κ1) is 21.2. The Balaban J connectivity index is 1.44. The summed E-state index contributed by atoms with van der Waals surface area (Å²) in [5.41, 5.74) is 6.01. The number of aromatic amines is 1. The van der Waals surface area contributed by atoms with Crippen LogP contribution >= 0.6 is 0 Å². The number of nitrogens with one attached hydrogen (secondary N) is 2. The lowest BCUT2D eigenvalue weighted by Gasteiger charge is -2.13. The average Bonchev–Trinajstić information content (AvgIpc) is 3.21. The summed E-state index contributed by atoms with van der Waals surface area (Å²) < 4.78 is 0. The van der Waals surface area contributed by atoms with Crippen LogP contribution in [0.15, 0.2) is 72.8 Å². The van der Waals surface area contributed by atoms with Crippen molar-refractivity contribution in [2.75, 3.05) is 5.32 Å². The molecular weight excluding hydrogens is 398 g/mol. The van der Waals surface area contributed by atoms with Crippen molar-refractivity contribution in [3.63, 3.8) is 0 Å². The van der Waals surface area contributed by atoms with Crippen molar-refractivity contribution >= 4 is 34.5 Å². The average molecular weight is 424 g/mol. The second kappa shape index (κ2) is 9.02. The maximum atomic E-state index is 12.7. The maximum Gasteiger partial charge on any atom is 0.255 e. The molecule has 3 aromatic carbocycles. The molecule has 0 saturated heterocycles. The highest BCUT2D eigenvalue weighted by Gasteiger charge is 2.11. The van der Waals surface area contributed by atoms with Crippen LogP contribution in [0.2, 0.25) is 0 Å². The summed E-state index contributed by atoms with van der Waals surface area (Å²) in [7, 11) is 0. The van der Waals surface area contributed by atoms with Crippen molar-refractivity contribution in [2.24, 2.45) is 0 Å². The third-order valence-corrected chi connectivity index (χ3v) is 5.30. The summed E-state index contributed by atoms with van der Waals surface area (Å²) in [6.07, 6.45) is 3.20. The van der Waals surface area contributed by atoms with E-state index in [0.29, 0.717) is 17.3 Å². The van der Waals surface area contributed by atoms with Crippen LogP contribution < -0.4 is 5.32 Å². The lowest BCUT2D eigenvalue weighted by atomic mass is 10.0. The molecule has 0 spiro atoms. The first-order valence-corrected chi connectivity index (χ1v) is 10.6. The predicted octanol–water partition coefficient (Wildman–Crippen LogP) is 6.14. The molecule has 1 amide bonds. The van der Waals surface area contributed by atoms with E-state index in [1.807, 2.05) is 61.5 Å². The number of hydrogen-bond donors (Lipinski definition) is 2. The highest BCUT2D eigenvalue weighted by molar-refractivity contribution is 6.06.